The van der Waals surface area contributed by atoms with Crippen LogP contribution in [-0.2, 0) is 22.7 Å². The minimum absolute atomic E-state index is 0.0603. The fraction of sp³-hybridized carbons (Fsp3) is 0.182. The third kappa shape index (κ3) is 5.59. The molecule has 0 spiro atoms. The molecule has 1 amide bonds. The normalized spacial score (nSPS) is 16.3. The van der Waals surface area contributed by atoms with Crippen LogP contribution in [0.2, 0.25) is 0 Å². The lowest BCUT2D eigenvalue weighted by Crippen LogP contribution is -2.29. The number of pyridine rings is 1. The van der Waals surface area contributed by atoms with E-state index >= 15 is 0 Å². The minimum atomic E-state index is -0.748. The molecule has 1 atom stereocenters. The van der Waals surface area contributed by atoms with Gasteiger partial charge < -0.3 is 19.6 Å². The number of amides is 1. The molecule has 4 aromatic rings. The van der Waals surface area contributed by atoms with E-state index in [1.54, 1.807) is 48.8 Å². The third-order valence-corrected chi connectivity index (χ3v) is 6.98. The van der Waals surface area contributed by atoms with Crippen LogP contribution in [0.5, 0.6) is 5.75 Å². The summed E-state index contributed by atoms with van der Waals surface area (Å²) in [7, 11) is 3.89. The van der Waals surface area contributed by atoms with E-state index in [0.29, 0.717) is 17.9 Å². The SMILES string of the molecule is Cc1cccc(COc2ccc(/C(O)=C3\C(=O)C(=O)N(Cc4ccncc4)C3c3ccc(N(C)C)cc3)cc2)c1. The summed E-state index contributed by atoms with van der Waals surface area (Å²) in [6.07, 6.45) is 3.30. The summed E-state index contributed by atoms with van der Waals surface area (Å²) in [6, 6.07) is 25.5. The van der Waals surface area contributed by atoms with Gasteiger partial charge in [0.05, 0.1) is 11.6 Å². The Hall–Kier alpha value is -4.91. The number of carbonyl (C=O) groups is 2. The Morgan fingerprint density at radius 3 is 2.27 bits per heavy atom. The number of aromatic nitrogens is 1. The lowest BCUT2D eigenvalue weighted by molar-refractivity contribution is -0.140. The monoisotopic (exact) mass is 533 g/mol. The zero-order chi connectivity index (χ0) is 28.2. The van der Waals surface area contributed by atoms with Gasteiger partial charge in [-0.3, -0.25) is 14.6 Å². The smallest absolute Gasteiger partial charge is 0.295 e. The predicted octanol–water partition coefficient (Wildman–Crippen LogP) is 5.66. The Morgan fingerprint density at radius 1 is 0.925 bits per heavy atom. The zero-order valence-corrected chi connectivity index (χ0v) is 22.7. The molecule has 3 aromatic carbocycles. The molecule has 2 heterocycles. The molecule has 0 aliphatic carbocycles. The average molecular weight is 534 g/mol. The Labute approximate surface area is 234 Å². The molecular weight excluding hydrogens is 502 g/mol. The van der Waals surface area contributed by atoms with E-state index in [2.05, 4.69) is 11.1 Å². The molecule has 7 heteroatoms. The van der Waals surface area contributed by atoms with Crippen LogP contribution in [0, 0.1) is 6.92 Å². The largest absolute Gasteiger partial charge is 0.507 e. The number of Topliss-reactive ketones (excluding diaryl/α,β-unsaturated/α-hetero) is 1. The van der Waals surface area contributed by atoms with Crippen LogP contribution in [0.3, 0.4) is 0 Å². The van der Waals surface area contributed by atoms with Crippen molar-refractivity contribution in [1.29, 1.82) is 0 Å². The third-order valence-electron chi connectivity index (χ3n) is 6.98. The summed E-state index contributed by atoms with van der Waals surface area (Å²) in [5, 5.41) is 11.4. The van der Waals surface area contributed by atoms with Crippen LogP contribution in [0.1, 0.15) is 33.9 Å². The van der Waals surface area contributed by atoms with E-state index in [-0.39, 0.29) is 17.9 Å². The van der Waals surface area contributed by atoms with Gasteiger partial charge in [-0.05, 0) is 72.1 Å². The number of rotatable bonds is 8. The van der Waals surface area contributed by atoms with E-state index in [4.69, 9.17) is 4.74 Å². The Morgan fingerprint density at radius 2 is 1.62 bits per heavy atom. The van der Waals surface area contributed by atoms with Gasteiger partial charge in [0.15, 0.2) is 0 Å². The second kappa shape index (κ2) is 11.5. The molecule has 1 saturated heterocycles. The molecule has 1 unspecified atom stereocenters. The first-order chi connectivity index (χ1) is 19.3. The summed E-state index contributed by atoms with van der Waals surface area (Å²) in [5.41, 5.74) is 5.26. The highest BCUT2D eigenvalue weighted by atomic mass is 16.5. The first kappa shape index (κ1) is 26.7. The number of anilines is 1. The van der Waals surface area contributed by atoms with Crippen molar-refractivity contribution >= 4 is 23.1 Å². The van der Waals surface area contributed by atoms with Crippen molar-refractivity contribution in [2.45, 2.75) is 26.1 Å². The second-order valence-corrected chi connectivity index (χ2v) is 10.1. The molecule has 0 bridgehead atoms. The fourth-order valence-corrected chi connectivity index (χ4v) is 4.86. The Balaban J connectivity index is 1.48. The number of aliphatic hydroxyl groups excluding tert-OH is 1. The van der Waals surface area contributed by atoms with E-state index < -0.39 is 17.7 Å². The first-order valence-corrected chi connectivity index (χ1v) is 13.0. The van der Waals surface area contributed by atoms with Crippen molar-refractivity contribution in [3.8, 4) is 5.75 Å². The van der Waals surface area contributed by atoms with Crippen molar-refractivity contribution < 1.29 is 19.4 Å². The topological polar surface area (TPSA) is 83.0 Å². The lowest BCUT2D eigenvalue weighted by Gasteiger charge is -2.26. The molecule has 7 nitrogen and oxygen atoms in total. The maximum absolute atomic E-state index is 13.4. The van der Waals surface area contributed by atoms with Gasteiger partial charge in [-0.25, -0.2) is 0 Å². The van der Waals surface area contributed by atoms with E-state index in [1.165, 1.54) is 4.90 Å². The van der Waals surface area contributed by atoms with Crippen molar-refractivity contribution in [2.75, 3.05) is 19.0 Å². The van der Waals surface area contributed by atoms with Crippen LogP contribution in [0.25, 0.3) is 5.76 Å². The van der Waals surface area contributed by atoms with E-state index in [9.17, 15) is 14.7 Å². The van der Waals surface area contributed by atoms with Crippen LogP contribution in [0.4, 0.5) is 5.69 Å². The van der Waals surface area contributed by atoms with Gasteiger partial charge in [0, 0.05) is 44.3 Å². The number of ketones is 1. The molecule has 1 aliphatic rings. The Bertz CT molecular complexity index is 1550. The number of hydrogen-bond acceptors (Lipinski definition) is 6. The maximum Gasteiger partial charge on any atom is 0.295 e. The first-order valence-electron chi connectivity index (χ1n) is 13.0. The van der Waals surface area contributed by atoms with Crippen LogP contribution in [-0.4, -0.2) is 40.8 Å². The molecule has 1 aromatic heterocycles. The fourth-order valence-electron chi connectivity index (χ4n) is 4.86. The lowest BCUT2D eigenvalue weighted by atomic mass is 9.95. The van der Waals surface area contributed by atoms with Gasteiger partial charge >= 0.3 is 0 Å². The molecule has 1 aliphatic heterocycles. The highest BCUT2D eigenvalue weighted by Gasteiger charge is 2.46. The van der Waals surface area contributed by atoms with Crippen LogP contribution < -0.4 is 9.64 Å². The van der Waals surface area contributed by atoms with Gasteiger partial charge in [-0.1, -0.05) is 42.0 Å². The molecule has 40 heavy (non-hydrogen) atoms. The summed E-state index contributed by atoms with van der Waals surface area (Å²) < 4.78 is 5.91. The van der Waals surface area contributed by atoms with Gasteiger partial charge in [0.25, 0.3) is 11.7 Å². The van der Waals surface area contributed by atoms with Gasteiger partial charge in [0.2, 0.25) is 0 Å². The molecule has 1 fully saturated rings. The highest BCUT2D eigenvalue weighted by Crippen LogP contribution is 2.40. The van der Waals surface area contributed by atoms with Crippen molar-refractivity contribution in [3.05, 3.63) is 131 Å². The average Bonchev–Trinajstić information content (AvgIpc) is 3.21. The van der Waals surface area contributed by atoms with Crippen molar-refractivity contribution in [3.63, 3.8) is 0 Å². The molecule has 202 valence electrons. The minimum Gasteiger partial charge on any atom is -0.507 e. The quantitative estimate of drug-likeness (QED) is 0.179. The summed E-state index contributed by atoms with van der Waals surface area (Å²) in [6.45, 7) is 2.65. The number of ether oxygens (including phenoxy) is 1. The number of likely N-dealkylation sites (tertiary alicyclic amines) is 1. The number of benzene rings is 3. The molecule has 0 saturated carbocycles. The maximum atomic E-state index is 13.4. The van der Waals surface area contributed by atoms with Crippen LogP contribution >= 0.6 is 0 Å². The van der Waals surface area contributed by atoms with Gasteiger partial charge in [-0.2, -0.15) is 0 Å². The van der Waals surface area contributed by atoms with Crippen molar-refractivity contribution in [1.82, 2.24) is 9.88 Å². The summed E-state index contributed by atoms with van der Waals surface area (Å²) in [4.78, 5) is 34.2. The Kier molecular flexibility index (Phi) is 7.64. The van der Waals surface area contributed by atoms with Crippen molar-refractivity contribution in [2.24, 2.45) is 0 Å². The number of hydrogen-bond donors (Lipinski definition) is 1. The molecule has 5 rings (SSSR count). The summed E-state index contributed by atoms with van der Waals surface area (Å²) >= 11 is 0. The number of nitrogens with zero attached hydrogens (tertiary/aromatic N) is 3. The van der Waals surface area contributed by atoms with Gasteiger partial charge in [-0.15, -0.1) is 0 Å². The molecule has 0 radical (unpaired) electrons. The standard InChI is InChI=1S/C33H31N3O4/c1-22-5-4-6-24(19-22)21-40-28-13-9-26(10-14-28)31(37)29-30(25-7-11-27(12-8-25)35(2)3)36(33(39)32(29)38)20-23-15-17-34-18-16-23/h4-19,30,37H,20-21H2,1-3H3/b31-29+. The number of carbonyl (C=O) groups excluding carboxylic acids is 2. The second-order valence-electron chi connectivity index (χ2n) is 10.1. The van der Waals surface area contributed by atoms with E-state index in [0.717, 1.165) is 27.9 Å². The van der Waals surface area contributed by atoms with Gasteiger partial charge in [0.1, 0.15) is 18.1 Å². The molecular formula is C33H31N3O4. The predicted molar refractivity (Wildman–Crippen MR) is 155 cm³/mol. The highest BCUT2D eigenvalue weighted by molar-refractivity contribution is 6.46. The number of aliphatic hydroxyl groups is 1. The van der Waals surface area contributed by atoms with E-state index in [1.807, 2.05) is 68.4 Å². The molecule has 1 N–H and O–H groups in total. The van der Waals surface area contributed by atoms with Crippen LogP contribution in [0.15, 0.2) is 103 Å². The zero-order valence-electron chi connectivity index (χ0n) is 22.7. The number of aryl methyl sites for hydroxylation is 1. The summed E-state index contributed by atoms with van der Waals surface area (Å²) in [5.74, 6) is -0.958.